The van der Waals surface area contributed by atoms with Gasteiger partial charge in [-0.2, -0.15) is 4.37 Å². The van der Waals surface area contributed by atoms with Crippen LogP contribution in [0.3, 0.4) is 0 Å². The number of nitrogens with zero attached hydrogens (tertiary/aromatic N) is 4. The van der Waals surface area contributed by atoms with Crippen molar-refractivity contribution in [2.45, 2.75) is 46.6 Å². The average Bonchev–Trinajstić information content (AvgIpc) is 2.86. The van der Waals surface area contributed by atoms with Crippen LogP contribution >= 0.6 is 11.5 Å². The van der Waals surface area contributed by atoms with Gasteiger partial charge in [0.25, 0.3) is 0 Å². The first-order valence-corrected chi connectivity index (χ1v) is 8.63. The maximum absolute atomic E-state index is 12.8. The van der Waals surface area contributed by atoms with Crippen LogP contribution in [0.2, 0.25) is 0 Å². The molecule has 2 rings (SSSR count). The first-order valence-electron chi connectivity index (χ1n) is 7.86. The van der Waals surface area contributed by atoms with Crippen LogP contribution in [0.5, 0.6) is 0 Å². The molecular formula is C16H26N4OS. The highest BCUT2D eigenvalue weighted by Gasteiger charge is 2.34. The van der Waals surface area contributed by atoms with Crippen LogP contribution in [0.15, 0.2) is 12.7 Å². The summed E-state index contributed by atoms with van der Waals surface area (Å²) in [6, 6.07) is 0.264. The van der Waals surface area contributed by atoms with Crippen molar-refractivity contribution >= 4 is 22.6 Å². The van der Waals surface area contributed by atoms with E-state index in [1.165, 1.54) is 11.5 Å². The van der Waals surface area contributed by atoms with Gasteiger partial charge in [-0.15, -0.1) is 6.58 Å². The van der Waals surface area contributed by atoms with Crippen LogP contribution in [-0.2, 0) is 6.42 Å². The second-order valence-corrected chi connectivity index (χ2v) is 6.69. The largest absolute Gasteiger partial charge is 0.327 e. The van der Waals surface area contributed by atoms with Crippen molar-refractivity contribution in [3.63, 3.8) is 0 Å². The smallest absolute Gasteiger partial charge is 0.309 e. The molecule has 6 heteroatoms. The molecule has 1 aliphatic heterocycles. The van der Waals surface area contributed by atoms with E-state index in [1.54, 1.807) is 0 Å². The van der Waals surface area contributed by atoms with Gasteiger partial charge < -0.3 is 4.90 Å². The number of aryl methyl sites for hydroxylation is 1. The molecule has 0 unspecified atom stereocenters. The van der Waals surface area contributed by atoms with Gasteiger partial charge in [0, 0.05) is 18.2 Å². The molecule has 0 aliphatic carbocycles. The van der Waals surface area contributed by atoms with E-state index in [1.807, 2.05) is 15.9 Å². The highest BCUT2D eigenvalue weighted by atomic mass is 32.1. The molecule has 5 nitrogen and oxygen atoms in total. The minimum Gasteiger partial charge on any atom is -0.309 e. The Hall–Kier alpha value is -1.40. The normalized spacial score (nSPS) is 16.7. The zero-order valence-corrected chi connectivity index (χ0v) is 14.8. The van der Waals surface area contributed by atoms with Gasteiger partial charge in [0.05, 0.1) is 19.0 Å². The summed E-state index contributed by atoms with van der Waals surface area (Å²) in [7, 11) is 0. The van der Waals surface area contributed by atoms with Crippen LogP contribution in [-0.4, -0.2) is 46.1 Å². The first-order chi connectivity index (χ1) is 10.5. The Morgan fingerprint density at radius 3 is 2.68 bits per heavy atom. The zero-order valence-electron chi connectivity index (χ0n) is 14.0. The lowest BCUT2D eigenvalue weighted by atomic mass is 10.2. The molecule has 22 heavy (non-hydrogen) atoms. The lowest BCUT2D eigenvalue weighted by Crippen LogP contribution is -2.60. The van der Waals surface area contributed by atoms with E-state index in [2.05, 4.69) is 43.5 Å². The maximum Gasteiger partial charge on any atom is 0.327 e. The number of aromatic nitrogens is 1. The van der Waals surface area contributed by atoms with Gasteiger partial charge in [-0.3, -0.25) is 9.80 Å². The predicted molar refractivity (Wildman–Crippen MR) is 92.3 cm³/mol. The predicted octanol–water partition coefficient (Wildman–Crippen LogP) is 3.46. The molecule has 1 saturated heterocycles. The Bertz CT molecular complexity index is 540. The monoisotopic (exact) mass is 322 g/mol. The molecule has 0 aromatic carbocycles. The van der Waals surface area contributed by atoms with Crippen LogP contribution in [0.1, 0.15) is 38.4 Å². The highest BCUT2D eigenvalue weighted by molar-refractivity contribution is 7.10. The summed E-state index contributed by atoms with van der Waals surface area (Å²) in [5.41, 5.74) is 2.22. The Morgan fingerprint density at radius 2 is 2.14 bits per heavy atom. The number of rotatable bonds is 6. The molecule has 2 heterocycles. The zero-order chi connectivity index (χ0) is 16.3. The molecule has 2 amide bonds. The quantitative estimate of drug-likeness (QED) is 0.753. The Morgan fingerprint density at radius 1 is 1.41 bits per heavy atom. The molecule has 1 fully saturated rings. The minimum atomic E-state index is 0.0826. The molecule has 0 saturated carbocycles. The Labute approximate surface area is 137 Å². The number of hydrogen-bond acceptors (Lipinski definition) is 4. The third-order valence-corrected chi connectivity index (χ3v) is 5.03. The highest BCUT2D eigenvalue weighted by Crippen LogP contribution is 2.31. The van der Waals surface area contributed by atoms with Crippen LogP contribution in [0.25, 0.3) is 0 Å². The van der Waals surface area contributed by atoms with E-state index in [4.69, 9.17) is 0 Å². The van der Waals surface area contributed by atoms with Crippen molar-refractivity contribution in [1.29, 1.82) is 0 Å². The van der Waals surface area contributed by atoms with Crippen molar-refractivity contribution in [1.82, 2.24) is 14.2 Å². The van der Waals surface area contributed by atoms with Gasteiger partial charge >= 0.3 is 6.03 Å². The number of urea groups is 1. The minimum absolute atomic E-state index is 0.0826. The van der Waals surface area contributed by atoms with Crippen molar-refractivity contribution in [2.24, 2.45) is 0 Å². The summed E-state index contributed by atoms with van der Waals surface area (Å²) in [5.74, 6) is 0. The summed E-state index contributed by atoms with van der Waals surface area (Å²) in [6.07, 6.45) is 3.75. The number of carbonyl (C=O) groups is 1. The summed E-state index contributed by atoms with van der Waals surface area (Å²) in [4.78, 5) is 18.9. The summed E-state index contributed by atoms with van der Waals surface area (Å²) in [6.45, 7) is 14.3. The average molecular weight is 322 g/mol. The fraction of sp³-hybridized carbons (Fsp3) is 0.625. The second-order valence-electron chi connectivity index (χ2n) is 5.94. The van der Waals surface area contributed by atoms with E-state index < -0.39 is 0 Å². The van der Waals surface area contributed by atoms with E-state index in [0.29, 0.717) is 13.3 Å². The van der Waals surface area contributed by atoms with Gasteiger partial charge in [-0.1, -0.05) is 13.0 Å². The fourth-order valence-electron chi connectivity index (χ4n) is 2.63. The molecule has 0 bridgehead atoms. The van der Waals surface area contributed by atoms with Gasteiger partial charge in [0.2, 0.25) is 0 Å². The first kappa shape index (κ1) is 17.0. The van der Waals surface area contributed by atoms with E-state index >= 15 is 0 Å². The fourth-order valence-corrected chi connectivity index (χ4v) is 3.58. The van der Waals surface area contributed by atoms with Crippen LogP contribution in [0, 0.1) is 6.92 Å². The van der Waals surface area contributed by atoms with Gasteiger partial charge in [-0.25, -0.2) is 4.79 Å². The van der Waals surface area contributed by atoms with Gasteiger partial charge in [-0.05, 0) is 45.1 Å². The summed E-state index contributed by atoms with van der Waals surface area (Å²) >= 11 is 1.43. The summed E-state index contributed by atoms with van der Waals surface area (Å²) < 4.78 is 4.50. The molecular weight excluding hydrogens is 296 g/mol. The Kier molecular flexibility index (Phi) is 5.58. The standard InChI is InChI=1S/C16H26N4OS/c1-6-8-9-18-10-19(12(3)4)16(21)20(11-18)15-13(5)14(7-2)17-22-15/h6,12H,1,7-11H2,2-5H3. The summed E-state index contributed by atoms with van der Waals surface area (Å²) in [5, 5.41) is 0.982. The second kappa shape index (κ2) is 7.24. The van der Waals surface area contributed by atoms with Crippen molar-refractivity contribution in [2.75, 3.05) is 24.8 Å². The third kappa shape index (κ3) is 3.33. The third-order valence-electron chi connectivity index (χ3n) is 4.02. The van der Waals surface area contributed by atoms with E-state index in [0.717, 1.165) is 35.6 Å². The van der Waals surface area contributed by atoms with E-state index in [9.17, 15) is 4.79 Å². The number of carbonyl (C=O) groups excluding carboxylic acids is 1. The van der Waals surface area contributed by atoms with Crippen LogP contribution < -0.4 is 4.90 Å². The lowest BCUT2D eigenvalue weighted by Gasteiger charge is -2.43. The van der Waals surface area contributed by atoms with E-state index in [-0.39, 0.29) is 12.1 Å². The molecule has 1 aromatic heterocycles. The Balaban J connectivity index is 2.28. The number of amides is 2. The number of anilines is 1. The van der Waals surface area contributed by atoms with Gasteiger partial charge in [0.1, 0.15) is 5.00 Å². The topological polar surface area (TPSA) is 39.7 Å². The lowest BCUT2D eigenvalue weighted by molar-refractivity contribution is 0.0992. The maximum atomic E-state index is 12.8. The molecule has 1 aromatic rings. The molecule has 122 valence electrons. The molecule has 0 atom stereocenters. The van der Waals surface area contributed by atoms with Crippen molar-refractivity contribution in [3.8, 4) is 0 Å². The molecule has 1 aliphatic rings. The van der Waals surface area contributed by atoms with Crippen molar-refractivity contribution < 1.29 is 4.79 Å². The van der Waals surface area contributed by atoms with Gasteiger partial charge in [0.15, 0.2) is 0 Å². The van der Waals surface area contributed by atoms with Crippen molar-refractivity contribution in [3.05, 3.63) is 23.9 Å². The number of hydrogen-bond donors (Lipinski definition) is 0. The van der Waals surface area contributed by atoms with Crippen LogP contribution in [0.4, 0.5) is 9.80 Å². The molecule has 0 N–H and O–H groups in total. The molecule has 0 spiro atoms. The molecule has 0 radical (unpaired) electrons. The SMILES string of the molecule is C=CCCN1CN(c2snc(CC)c2C)C(=O)N(C(C)C)C1.